The Bertz CT molecular complexity index is 398. The number of piperidine rings is 1. The van der Waals surface area contributed by atoms with Crippen LogP contribution in [0.4, 0.5) is 0 Å². The maximum Gasteiger partial charge on any atom is 0.0248 e. The van der Waals surface area contributed by atoms with Gasteiger partial charge in [-0.25, -0.2) is 0 Å². The van der Waals surface area contributed by atoms with Crippen LogP contribution >= 0.6 is 0 Å². The van der Waals surface area contributed by atoms with Crippen molar-refractivity contribution < 1.29 is 0 Å². The molecule has 1 aliphatic heterocycles. The fourth-order valence-corrected chi connectivity index (χ4v) is 3.01. The van der Waals surface area contributed by atoms with E-state index in [2.05, 4.69) is 43.9 Å². The quantitative estimate of drug-likeness (QED) is 0.888. The van der Waals surface area contributed by atoms with Crippen molar-refractivity contribution in [1.82, 2.24) is 4.90 Å². The van der Waals surface area contributed by atoms with E-state index in [1.165, 1.54) is 42.5 Å². The number of aryl methyl sites for hydroxylation is 1. The maximum atomic E-state index is 6.14. The molecular formula is C16H26N2. The summed E-state index contributed by atoms with van der Waals surface area (Å²) in [4.78, 5) is 2.58. The predicted octanol–water partition coefficient (Wildman–Crippen LogP) is 3.01. The van der Waals surface area contributed by atoms with Crippen LogP contribution in [-0.4, -0.2) is 23.5 Å². The molecule has 0 aliphatic carbocycles. The minimum absolute atomic E-state index is 0.274. The van der Waals surface area contributed by atoms with Gasteiger partial charge in [0.1, 0.15) is 0 Å². The third kappa shape index (κ3) is 2.93. The lowest BCUT2D eigenvalue weighted by Gasteiger charge is -2.38. The Balaban J connectivity index is 2.13. The number of benzene rings is 1. The third-order valence-electron chi connectivity index (χ3n) is 4.36. The Labute approximate surface area is 111 Å². The van der Waals surface area contributed by atoms with E-state index in [9.17, 15) is 0 Å². The molecule has 1 fully saturated rings. The monoisotopic (exact) mass is 246 g/mol. The highest BCUT2D eigenvalue weighted by atomic mass is 15.2. The molecule has 1 heterocycles. The van der Waals surface area contributed by atoms with Gasteiger partial charge in [-0.3, -0.25) is 4.90 Å². The highest BCUT2D eigenvalue weighted by Gasteiger charge is 2.25. The van der Waals surface area contributed by atoms with Gasteiger partial charge in [0.05, 0.1) is 0 Å². The molecule has 1 aliphatic rings. The van der Waals surface area contributed by atoms with Crippen LogP contribution in [0.25, 0.3) is 0 Å². The van der Waals surface area contributed by atoms with E-state index in [0.717, 1.165) is 6.54 Å². The highest BCUT2D eigenvalue weighted by molar-refractivity contribution is 5.33. The van der Waals surface area contributed by atoms with Crippen LogP contribution in [0.2, 0.25) is 0 Å². The van der Waals surface area contributed by atoms with Gasteiger partial charge in [-0.2, -0.15) is 0 Å². The van der Waals surface area contributed by atoms with Crippen molar-refractivity contribution in [1.29, 1.82) is 0 Å². The molecule has 2 N–H and O–H groups in total. The molecule has 1 aromatic carbocycles. The topological polar surface area (TPSA) is 29.3 Å². The molecule has 0 aromatic heterocycles. The average molecular weight is 246 g/mol. The molecule has 2 heteroatoms. The highest BCUT2D eigenvalue weighted by Crippen LogP contribution is 2.23. The van der Waals surface area contributed by atoms with Crippen LogP contribution in [-0.2, 0) is 6.54 Å². The molecule has 0 spiro atoms. The van der Waals surface area contributed by atoms with Gasteiger partial charge in [0, 0.05) is 18.6 Å². The van der Waals surface area contributed by atoms with Crippen molar-refractivity contribution >= 4 is 0 Å². The summed E-state index contributed by atoms with van der Waals surface area (Å²) in [7, 11) is 0. The van der Waals surface area contributed by atoms with E-state index in [1.54, 1.807) is 0 Å². The lowest BCUT2D eigenvalue weighted by Crippen LogP contribution is -2.48. The van der Waals surface area contributed by atoms with Crippen LogP contribution in [0.5, 0.6) is 0 Å². The first-order valence-electron chi connectivity index (χ1n) is 7.14. The van der Waals surface area contributed by atoms with Gasteiger partial charge in [-0.1, -0.05) is 24.6 Å². The second-order valence-corrected chi connectivity index (χ2v) is 5.75. The zero-order valence-corrected chi connectivity index (χ0v) is 11.9. The molecule has 1 aromatic rings. The lowest BCUT2D eigenvalue weighted by atomic mass is 9.95. The molecule has 18 heavy (non-hydrogen) atoms. The van der Waals surface area contributed by atoms with Crippen molar-refractivity contribution in [2.75, 3.05) is 6.54 Å². The number of nitrogens with zero attached hydrogens (tertiary/aromatic N) is 1. The number of hydrogen-bond donors (Lipinski definition) is 1. The Hall–Kier alpha value is -0.860. The molecular weight excluding hydrogens is 220 g/mol. The van der Waals surface area contributed by atoms with Gasteiger partial charge in [0.25, 0.3) is 0 Å². The van der Waals surface area contributed by atoms with E-state index >= 15 is 0 Å². The first-order valence-corrected chi connectivity index (χ1v) is 7.14. The van der Waals surface area contributed by atoms with E-state index in [0.29, 0.717) is 6.04 Å². The minimum Gasteiger partial charge on any atom is -0.327 e. The first kappa shape index (κ1) is 13.6. The predicted molar refractivity (Wildman–Crippen MR) is 77.6 cm³/mol. The normalized spacial score (nSPS) is 23.0. The zero-order chi connectivity index (χ0) is 13.1. The van der Waals surface area contributed by atoms with Crippen LogP contribution < -0.4 is 5.73 Å². The lowest BCUT2D eigenvalue weighted by molar-refractivity contribution is 0.123. The average Bonchev–Trinajstić information content (AvgIpc) is 2.35. The van der Waals surface area contributed by atoms with Crippen molar-refractivity contribution in [3.8, 4) is 0 Å². The van der Waals surface area contributed by atoms with Gasteiger partial charge in [-0.15, -0.1) is 0 Å². The van der Waals surface area contributed by atoms with Crippen molar-refractivity contribution in [2.45, 2.75) is 58.7 Å². The molecule has 0 bridgehead atoms. The number of hydrogen-bond acceptors (Lipinski definition) is 2. The smallest absolute Gasteiger partial charge is 0.0248 e. The second kappa shape index (κ2) is 5.85. The van der Waals surface area contributed by atoms with Crippen LogP contribution in [0.1, 0.15) is 42.9 Å². The van der Waals surface area contributed by atoms with Gasteiger partial charge in [0.15, 0.2) is 0 Å². The van der Waals surface area contributed by atoms with E-state index in [1.807, 2.05) is 0 Å². The summed E-state index contributed by atoms with van der Waals surface area (Å²) in [6.07, 6.45) is 3.89. The molecule has 2 rings (SSSR count). The number of rotatable bonds is 3. The molecule has 0 amide bonds. The SMILES string of the molecule is Cc1cccc(CN2CCCCC2C(C)N)c1C. The van der Waals surface area contributed by atoms with Gasteiger partial charge >= 0.3 is 0 Å². The summed E-state index contributed by atoms with van der Waals surface area (Å²) in [5.74, 6) is 0. The van der Waals surface area contributed by atoms with Crippen molar-refractivity contribution in [3.05, 3.63) is 34.9 Å². The summed E-state index contributed by atoms with van der Waals surface area (Å²) in [5, 5.41) is 0. The molecule has 0 radical (unpaired) electrons. The van der Waals surface area contributed by atoms with Crippen LogP contribution in [0, 0.1) is 13.8 Å². The summed E-state index contributed by atoms with van der Waals surface area (Å²) in [5.41, 5.74) is 10.4. The van der Waals surface area contributed by atoms with Crippen molar-refractivity contribution in [3.63, 3.8) is 0 Å². The Morgan fingerprint density at radius 2 is 2.11 bits per heavy atom. The summed E-state index contributed by atoms with van der Waals surface area (Å²) < 4.78 is 0. The zero-order valence-electron chi connectivity index (χ0n) is 11.9. The fourth-order valence-electron chi connectivity index (χ4n) is 3.01. The second-order valence-electron chi connectivity index (χ2n) is 5.75. The molecule has 2 atom stereocenters. The standard InChI is InChI=1S/C16H26N2/c1-12-7-6-8-15(13(12)2)11-18-10-5-4-9-16(18)14(3)17/h6-8,14,16H,4-5,9-11,17H2,1-3H3. The molecule has 2 unspecified atom stereocenters. The van der Waals surface area contributed by atoms with Crippen LogP contribution in [0.15, 0.2) is 18.2 Å². The van der Waals surface area contributed by atoms with Gasteiger partial charge in [0.2, 0.25) is 0 Å². The Kier molecular flexibility index (Phi) is 4.41. The molecule has 1 saturated heterocycles. The van der Waals surface area contributed by atoms with E-state index in [-0.39, 0.29) is 6.04 Å². The molecule has 0 saturated carbocycles. The van der Waals surface area contributed by atoms with E-state index < -0.39 is 0 Å². The van der Waals surface area contributed by atoms with E-state index in [4.69, 9.17) is 5.73 Å². The fraction of sp³-hybridized carbons (Fsp3) is 0.625. The number of nitrogens with two attached hydrogens (primary N) is 1. The summed E-state index contributed by atoms with van der Waals surface area (Å²) >= 11 is 0. The maximum absolute atomic E-state index is 6.14. The van der Waals surface area contributed by atoms with Gasteiger partial charge < -0.3 is 5.73 Å². The third-order valence-corrected chi connectivity index (χ3v) is 4.36. The minimum atomic E-state index is 0.274. The van der Waals surface area contributed by atoms with Gasteiger partial charge in [-0.05, 0) is 56.8 Å². The molecule has 2 nitrogen and oxygen atoms in total. The Morgan fingerprint density at radius 1 is 1.33 bits per heavy atom. The summed E-state index contributed by atoms with van der Waals surface area (Å²) in [6.45, 7) is 8.82. The summed E-state index contributed by atoms with van der Waals surface area (Å²) in [6, 6.07) is 7.45. The number of likely N-dealkylation sites (tertiary alicyclic amines) is 1. The molecule has 100 valence electrons. The van der Waals surface area contributed by atoms with Crippen LogP contribution in [0.3, 0.4) is 0 Å². The first-order chi connectivity index (χ1) is 8.59. The van der Waals surface area contributed by atoms with Crippen molar-refractivity contribution in [2.24, 2.45) is 5.73 Å². The Morgan fingerprint density at radius 3 is 2.83 bits per heavy atom. The largest absolute Gasteiger partial charge is 0.327 e.